The van der Waals surface area contributed by atoms with E-state index in [-0.39, 0.29) is 18.6 Å². The Labute approximate surface area is 190 Å². The molecule has 0 saturated carbocycles. The molecule has 0 spiro atoms. The van der Waals surface area contributed by atoms with Crippen LogP contribution >= 0.6 is 0 Å². The summed E-state index contributed by atoms with van der Waals surface area (Å²) in [5, 5.41) is 9.06. The van der Waals surface area contributed by atoms with E-state index in [0.29, 0.717) is 17.7 Å². The number of hydrogen-bond donors (Lipinski definition) is 0. The number of Topliss-reactive ketones (excluding diaryl/α,β-unsaturated/α-hetero) is 1. The molecule has 1 atom stereocenters. The average Bonchev–Trinajstić information content (AvgIpc) is 3.15. The van der Waals surface area contributed by atoms with E-state index in [1.54, 1.807) is 24.4 Å². The molecule has 2 aliphatic heterocycles. The minimum Gasteiger partial charge on any atom is -0.493 e. The quantitative estimate of drug-likeness (QED) is 0.612. The Bertz CT molecular complexity index is 1140. The molecule has 6 nitrogen and oxygen atoms in total. The van der Waals surface area contributed by atoms with Gasteiger partial charge in [0.25, 0.3) is 5.92 Å². The van der Waals surface area contributed by atoms with Crippen LogP contribution in [0.3, 0.4) is 0 Å². The number of aromatic nitrogens is 1. The van der Waals surface area contributed by atoms with Gasteiger partial charge in [-0.1, -0.05) is 24.3 Å². The molecule has 4 rings (SSSR count). The van der Waals surface area contributed by atoms with Gasteiger partial charge >= 0.3 is 0 Å². The number of fused-ring (bicyclic) bond motifs is 1. The molecular weight excluding hydrogens is 428 g/mol. The zero-order valence-corrected chi connectivity index (χ0v) is 18.0. The largest absolute Gasteiger partial charge is 0.493 e. The van der Waals surface area contributed by atoms with E-state index in [2.05, 4.69) is 4.98 Å². The number of nitriles is 1. The number of pyridine rings is 1. The fraction of sp³-hybridized carbons (Fsp3) is 0.360. The van der Waals surface area contributed by atoms with Gasteiger partial charge in [0.15, 0.2) is 5.78 Å². The van der Waals surface area contributed by atoms with Gasteiger partial charge in [0, 0.05) is 42.8 Å². The van der Waals surface area contributed by atoms with Crippen LogP contribution in [0, 0.1) is 11.3 Å². The summed E-state index contributed by atoms with van der Waals surface area (Å²) in [5.41, 5.74) is 3.09. The lowest BCUT2D eigenvalue weighted by molar-refractivity contribution is -0.132. The van der Waals surface area contributed by atoms with Gasteiger partial charge in [0.2, 0.25) is 5.91 Å². The molecule has 1 saturated heterocycles. The van der Waals surface area contributed by atoms with E-state index in [4.69, 9.17) is 10.00 Å². The number of halogens is 2. The molecule has 33 heavy (non-hydrogen) atoms. The van der Waals surface area contributed by atoms with Crippen LogP contribution in [0.2, 0.25) is 0 Å². The molecule has 170 valence electrons. The first-order valence-electron chi connectivity index (χ1n) is 10.8. The topological polar surface area (TPSA) is 83.3 Å². The number of ketones is 1. The zero-order valence-electron chi connectivity index (χ0n) is 18.0. The fourth-order valence-electron chi connectivity index (χ4n) is 4.13. The highest BCUT2D eigenvalue weighted by Gasteiger charge is 2.47. The van der Waals surface area contributed by atoms with Crippen LogP contribution in [0.25, 0.3) is 12.2 Å². The van der Waals surface area contributed by atoms with Crippen molar-refractivity contribution in [3.05, 3.63) is 58.9 Å². The lowest BCUT2D eigenvalue weighted by atomic mass is 10.0. The van der Waals surface area contributed by atoms with Crippen molar-refractivity contribution in [2.45, 2.75) is 44.1 Å². The first kappa shape index (κ1) is 22.6. The van der Waals surface area contributed by atoms with E-state index in [1.807, 2.05) is 24.3 Å². The highest BCUT2D eigenvalue weighted by atomic mass is 19.3. The molecule has 8 heteroatoms. The van der Waals surface area contributed by atoms with Gasteiger partial charge in [-0.3, -0.25) is 14.6 Å². The Kier molecular flexibility index (Phi) is 6.50. The van der Waals surface area contributed by atoms with Crippen molar-refractivity contribution in [1.29, 1.82) is 5.26 Å². The maximum atomic E-state index is 13.6. The number of aryl methyl sites for hydroxylation is 1. The zero-order chi connectivity index (χ0) is 23.4. The van der Waals surface area contributed by atoms with E-state index < -0.39 is 30.8 Å². The number of rotatable bonds is 6. The van der Waals surface area contributed by atoms with Gasteiger partial charge in [-0.25, -0.2) is 8.78 Å². The Morgan fingerprint density at radius 1 is 1.27 bits per heavy atom. The maximum Gasteiger partial charge on any atom is 0.268 e. The third kappa shape index (κ3) is 5.25. The van der Waals surface area contributed by atoms with Crippen molar-refractivity contribution in [3.8, 4) is 11.8 Å². The van der Waals surface area contributed by atoms with E-state index in [9.17, 15) is 18.4 Å². The summed E-state index contributed by atoms with van der Waals surface area (Å²) in [4.78, 5) is 30.2. The molecule has 1 aromatic heterocycles. The van der Waals surface area contributed by atoms with Gasteiger partial charge in [-0.05, 0) is 36.1 Å². The number of amides is 1. The average molecular weight is 451 g/mol. The molecule has 0 aliphatic carbocycles. The van der Waals surface area contributed by atoms with Gasteiger partial charge in [0.05, 0.1) is 19.2 Å². The summed E-state index contributed by atoms with van der Waals surface area (Å²) < 4.78 is 32.9. The van der Waals surface area contributed by atoms with Crippen molar-refractivity contribution < 1.29 is 23.1 Å². The number of carbonyl (C=O) groups is 2. The maximum absolute atomic E-state index is 13.6. The normalized spacial score (nSPS) is 19.1. The van der Waals surface area contributed by atoms with Gasteiger partial charge in [0.1, 0.15) is 11.8 Å². The monoisotopic (exact) mass is 451 g/mol. The minimum absolute atomic E-state index is 0.142. The number of nitrogens with zero attached hydrogens (tertiary/aromatic N) is 3. The van der Waals surface area contributed by atoms with Gasteiger partial charge in [-0.15, -0.1) is 0 Å². The van der Waals surface area contributed by atoms with Crippen LogP contribution in [0.1, 0.15) is 52.7 Å². The second-order valence-electron chi connectivity index (χ2n) is 8.27. The SMILES string of the molecule is N#C[C@@H]1CC(F)(F)CN1C(=O)CCC(=O)c1ccncc1/C=C/c1ccc2c(c1)OCCC2. The Morgan fingerprint density at radius 2 is 2.12 bits per heavy atom. The summed E-state index contributed by atoms with van der Waals surface area (Å²) in [6, 6.07) is 8.13. The number of ether oxygens (including phenoxy) is 1. The third-order valence-electron chi connectivity index (χ3n) is 5.85. The molecule has 2 aliphatic rings. The fourth-order valence-corrected chi connectivity index (χ4v) is 4.13. The molecular formula is C25H23F2N3O3. The molecule has 1 fully saturated rings. The molecule has 1 aromatic carbocycles. The van der Waals surface area contributed by atoms with E-state index >= 15 is 0 Å². The van der Waals surface area contributed by atoms with Gasteiger partial charge in [-0.2, -0.15) is 5.26 Å². The number of alkyl halides is 2. The molecule has 2 aromatic rings. The Balaban J connectivity index is 1.43. The third-order valence-corrected chi connectivity index (χ3v) is 5.85. The van der Waals surface area contributed by atoms with Crippen molar-refractivity contribution in [3.63, 3.8) is 0 Å². The minimum atomic E-state index is -3.08. The van der Waals surface area contributed by atoms with Crippen molar-refractivity contribution in [2.24, 2.45) is 0 Å². The summed E-state index contributed by atoms with van der Waals surface area (Å²) in [5.74, 6) is -3.12. The summed E-state index contributed by atoms with van der Waals surface area (Å²) in [6.07, 6.45) is 7.64. The number of likely N-dealkylation sites (tertiary alicyclic amines) is 1. The number of hydrogen-bond acceptors (Lipinski definition) is 5. The predicted molar refractivity (Wildman–Crippen MR) is 118 cm³/mol. The smallest absolute Gasteiger partial charge is 0.268 e. The van der Waals surface area contributed by atoms with Crippen molar-refractivity contribution in [1.82, 2.24) is 9.88 Å². The van der Waals surface area contributed by atoms with Crippen LogP contribution in [-0.2, 0) is 11.2 Å². The molecule has 0 radical (unpaired) electrons. The number of carbonyl (C=O) groups excluding carboxylic acids is 2. The molecule has 0 unspecified atom stereocenters. The number of benzene rings is 1. The van der Waals surface area contributed by atoms with Crippen LogP contribution in [0.15, 0.2) is 36.7 Å². The summed E-state index contributed by atoms with van der Waals surface area (Å²) in [6.45, 7) is -0.0870. The highest BCUT2D eigenvalue weighted by Crippen LogP contribution is 2.32. The Hall–Kier alpha value is -3.60. The van der Waals surface area contributed by atoms with Crippen LogP contribution in [0.4, 0.5) is 8.78 Å². The van der Waals surface area contributed by atoms with E-state index in [1.165, 1.54) is 11.8 Å². The predicted octanol–water partition coefficient (Wildman–Crippen LogP) is 4.30. The standard InChI is InChI=1S/C25H23F2N3O3/c26-25(27)13-20(14-28)30(16-25)24(32)8-7-22(31)21-9-10-29-15-19(21)6-4-17-3-5-18-2-1-11-33-23(18)12-17/h3-6,9-10,12,15,20H,1-2,7-8,11,13,16H2/b6-4+/t20-/m0/s1. The second kappa shape index (κ2) is 9.49. The van der Waals surface area contributed by atoms with Crippen molar-refractivity contribution >= 4 is 23.8 Å². The lowest BCUT2D eigenvalue weighted by Crippen LogP contribution is -2.36. The molecule has 0 bridgehead atoms. The van der Waals surface area contributed by atoms with Crippen molar-refractivity contribution in [2.75, 3.05) is 13.2 Å². The first-order valence-corrected chi connectivity index (χ1v) is 10.8. The lowest BCUT2D eigenvalue weighted by Gasteiger charge is -2.18. The summed E-state index contributed by atoms with van der Waals surface area (Å²) in [7, 11) is 0. The van der Waals surface area contributed by atoms with E-state index in [0.717, 1.165) is 29.1 Å². The summed E-state index contributed by atoms with van der Waals surface area (Å²) >= 11 is 0. The van der Waals surface area contributed by atoms with Crippen LogP contribution in [0.5, 0.6) is 5.75 Å². The van der Waals surface area contributed by atoms with Crippen LogP contribution in [-0.4, -0.2) is 46.7 Å². The first-order chi connectivity index (χ1) is 15.9. The molecule has 0 N–H and O–H groups in total. The molecule has 1 amide bonds. The van der Waals surface area contributed by atoms with Gasteiger partial charge < -0.3 is 9.64 Å². The highest BCUT2D eigenvalue weighted by molar-refractivity contribution is 6.01. The molecule has 3 heterocycles. The second-order valence-corrected chi connectivity index (χ2v) is 8.27. The van der Waals surface area contributed by atoms with Crippen LogP contribution < -0.4 is 4.74 Å². The Morgan fingerprint density at radius 3 is 2.94 bits per heavy atom.